The predicted molar refractivity (Wildman–Crippen MR) is 147 cm³/mol. The largest absolute Gasteiger partial charge is 0.481 e. The number of carbonyl (C=O) groups is 3. The summed E-state index contributed by atoms with van der Waals surface area (Å²) in [5, 5.41) is 15.5. The number of hydrogen-bond acceptors (Lipinski definition) is 6. The number of hydrogen-bond donors (Lipinski definition) is 2. The van der Waals surface area contributed by atoms with Crippen molar-refractivity contribution in [2.24, 2.45) is 0 Å². The van der Waals surface area contributed by atoms with E-state index in [4.69, 9.17) is 0 Å². The molecular formula is C30H31F4N3O6. The molecule has 2 N–H and O–H groups in total. The minimum atomic E-state index is -1.90. The SMILES string of the molecule is CCC(C(=O)NC(CC(=O)O)C(=O)COc1c(F)c(F)cc(F)c1F)n1nccc(Cc2ccccc2C(C)(C)C)c1=O. The molecule has 0 aliphatic carbocycles. The number of halogens is 4. The maximum Gasteiger partial charge on any atom is 0.305 e. The Bertz CT molecular complexity index is 1560. The van der Waals surface area contributed by atoms with E-state index in [1.165, 1.54) is 12.3 Å². The fourth-order valence-electron chi connectivity index (χ4n) is 4.51. The number of carboxylic acids is 1. The van der Waals surface area contributed by atoms with Crippen LogP contribution in [-0.2, 0) is 26.2 Å². The molecule has 13 heteroatoms. The van der Waals surface area contributed by atoms with Crippen molar-refractivity contribution in [1.29, 1.82) is 0 Å². The van der Waals surface area contributed by atoms with E-state index in [0.717, 1.165) is 15.8 Å². The minimum absolute atomic E-state index is 0.0181. The summed E-state index contributed by atoms with van der Waals surface area (Å²) in [7, 11) is 0. The number of carbonyl (C=O) groups excluding carboxylic acids is 2. The van der Waals surface area contributed by atoms with E-state index in [-0.39, 0.29) is 24.3 Å². The van der Waals surface area contributed by atoms with Gasteiger partial charge in [-0.2, -0.15) is 13.9 Å². The highest BCUT2D eigenvalue weighted by atomic mass is 19.2. The van der Waals surface area contributed by atoms with Gasteiger partial charge in [0.05, 0.1) is 6.42 Å². The quantitative estimate of drug-likeness (QED) is 0.234. The third-order valence-electron chi connectivity index (χ3n) is 6.65. The predicted octanol–water partition coefficient (Wildman–Crippen LogP) is 4.25. The number of aliphatic carboxylic acids is 1. The zero-order chi connectivity index (χ0) is 32.1. The Kier molecular flexibility index (Phi) is 10.4. The number of Topliss-reactive ketones (excluding diaryl/α,β-unsaturated/α-hetero) is 1. The number of ketones is 1. The van der Waals surface area contributed by atoms with Crippen molar-refractivity contribution in [1.82, 2.24) is 15.1 Å². The number of carboxylic acid groups (broad SMARTS) is 1. The van der Waals surface area contributed by atoms with Crippen molar-refractivity contribution in [3.05, 3.63) is 92.9 Å². The molecule has 0 aliphatic rings. The minimum Gasteiger partial charge on any atom is -0.481 e. The molecule has 0 bridgehead atoms. The lowest BCUT2D eigenvalue weighted by Gasteiger charge is -2.23. The molecule has 0 saturated carbocycles. The second-order valence-electron chi connectivity index (χ2n) is 10.8. The van der Waals surface area contributed by atoms with Crippen LogP contribution in [0.1, 0.15) is 63.3 Å². The highest BCUT2D eigenvalue weighted by Gasteiger charge is 2.30. The van der Waals surface area contributed by atoms with Crippen molar-refractivity contribution in [3.63, 3.8) is 0 Å². The standard InChI is InChI=1S/C30H31F4N3O6/c1-5-22(37-29(42)17(10-11-35-37)12-16-8-6-7-9-18(16)30(2,3)4)28(41)36-21(14-24(39)40)23(38)15-43-27-25(33)19(31)13-20(32)26(27)34/h6-11,13,21-22H,5,12,14-15H2,1-4H3,(H,36,41)(H,39,40). The van der Waals surface area contributed by atoms with E-state index < -0.39 is 77.3 Å². The van der Waals surface area contributed by atoms with Crippen molar-refractivity contribution < 1.29 is 41.8 Å². The Morgan fingerprint density at radius 3 is 2.23 bits per heavy atom. The van der Waals surface area contributed by atoms with Gasteiger partial charge in [0.1, 0.15) is 18.7 Å². The first kappa shape index (κ1) is 33.0. The molecule has 1 aromatic heterocycles. The molecule has 43 heavy (non-hydrogen) atoms. The van der Waals surface area contributed by atoms with Crippen LogP contribution in [0.15, 0.2) is 47.4 Å². The number of amides is 1. The van der Waals surface area contributed by atoms with Crippen molar-refractivity contribution in [2.45, 2.75) is 64.5 Å². The maximum absolute atomic E-state index is 13.9. The molecule has 0 saturated heterocycles. The molecule has 2 unspecified atom stereocenters. The zero-order valence-corrected chi connectivity index (χ0v) is 23.9. The highest BCUT2D eigenvalue weighted by Crippen LogP contribution is 2.28. The average molecular weight is 606 g/mol. The lowest BCUT2D eigenvalue weighted by molar-refractivity contribution is -0.140. The Morgan fingerprint density at radius 2 is 1.65 bits per heavy atom. The molecule has 0 spiro atoms. The summed E-state index contributed by atoms with van der Waals surface area (Å²) in [6.07, 6.45) is 0.655. The molecular weight excluding hydrogens is 574 g/mol. The second-order valence-corrected chi connectivity index (χ2v) is 10.8. The molecule has 0 fully saturated rings. The molecule has 9 nitrogen and oxygen atoms in total. The van der Waals surface area contributed by atoms with Crippen LogP contribution in [0.4, 0.5) is 17.6 Å². The van der Waals surface area contributed by atoms with E-state index >= 15 is 0 Å². The first-order valence-corrected chi connectivity index (χ1v) is 13.3. The number of nitrogens with one attached hydrogen (secondary N) is 1. The Hall–Kier alpha value is -4.55. The molecule has 0 aliphatic heterocycles. The topological polar surface area (TPSA) is 128 Å². The zero-order valence-electron chi connectivity index (χ0n) is 23.9. The lowest BCUT2D eigenvalue weighted by Crippen LogP contribution is -2.48. The summed E-state index contributed by atoms with van der Waals surface area (Å²) < 4.78 is 60.4. The van der Waals surface area contributed by atoms with Crippen molar-refractivity contribution in [2.75, 3.05) is 6.61 Å². The van der Waals surface area contributed by atoms with Gasteiger partial charge in [0.15, 0.2) is 23.2 Å². The van der Waals surface area contributed by atoms with Gasteiger partial charge >= 0.3 is 5.97 Å². The van der Waals surface area contributed by atoms with Crippen LogP contribution in [-0.4, -0.2) is 45.2 Å². The number of nitrogens with zero attached hydrogens (tertiary/aromatic N) is 2. The van der Waals surface area contributed by atoms with Gasteiger partial charge in [-0.1, -0.05) is 52.0 Å². The van der Waals surface area contributed by atoms with E-state index in [0.29, 0.717) is 5.56 Å². The Labute approximate surface area is 244 Å². The molecule has 0 radical (unpaired) electrons. The van der Waals surface area contributed by atoms with Gasteiger partial charge in [0, 0.05) is 24.2 Å². The molecule has 2 atom stereocenters. The third kappa shape index (κ3) is 7.85. The van der Waals surface area contributed by atoms with Gasteiger partial charge in [0.25, 0.3) is 5.56 Å². The van der Waals surface area contributed by atoms with Crippen molar-refractivity contribution in [3.8, 4) is 5.75 Å². The third-order valence-corrected chi connectivity index (χ3v) is 6.65. The van der Waals surface area contributed by atoms with Gasteiger partial charge in [-0.05, 0) is 29.0 Å². The summed E-state index contributed by atoms with van der Waals surface area (Å²) in [5.41, 5.74) is 1.50. The summed E-state index contributed by atoms with van der Waals surface area (Å²) in [6, 6.07) is 6.06. The smallest absolute Gasteiger partial charge is 0.305 e. The summed E-state index contributed by atoms with van der Waals surface area (Å²) in [5.74, 6) is -12.5. The fraction of sp³-hybridized carbons (Fsp3) is 0.367. The monoisotopic (exact) mass is 605 g/mol. The van der Waals surface area contributed by atoms with Gasteiger partial charge in [-0.25, -0.2) is 13.5 Å². The van der Waals surface area contributed by atoms with Crippen LogP contribution in [0, 0.1) is 23.3 Å². The van der Waals surface area contributed by atoms with Gasteiger partial charge in [0.2, 0.25) is 17.5 Å². The van der Waals surface area contributed by atoms with Crippen molar-refractivity contribution >= 4 is 17.7 Å². The van der Waals surface area contributed by atoms with E-state index in [1.54, 1.807) is 6.92 Å². The number of aromatic nitrogens is 2. The average Bonchev–Trinajstić information content (AvgIpc) is 2.93. The van der Waals surface area contributed by atoms with Crippen LogP contribution in [0.3, 0.4) is 0 Å². The second kappa shape index (κ2) is 13.6. The normalized spacial score (nSPS) is 12.8. The number of rotatable bonds is 12. The number of ether oxygens (including phenoxy) is 1. The van der Waals surface area contributed by atoms with Crippen LogP contribution < -0.4 is 15.6 Å². The molecule has 3 rings (SSSR count). The lowest BCUT2D eigenvalue weighted by atomic mass is 9.82. The van der Waals surface area contributed by atoms with Gasteiger partial charge in [-0.3, -0.25) is 19.2 Å². The Balaban J connectivity index is 1.84. The number of benzene rings is 2. The van der Waals surface area contributed by atoms with Crippen LogP contribution in [0.2, 0.25) is 0 Å². The van der Waals surface area contributed by atoms with Gasteiger partial charge in [-0.15, -0.1) is 0 Å². The molecule has 1 amide bonds. The summed E-state index contributed by atoms with van der Waals surface area (Å²) >= 11 is 0. The van der Waals surface area contributed by atoms with Crippen LogP contribution >= 0.6 is 0 Å². The molecule has 2 aromatic carbocycles. The van der Waals surface area contributed by atoms with Crippen LogP contribution in [0.5, 0.6) is 5.75 Å². The van der Waals surface area contributed by atoms with E-state index in [2.05, 4.69) is 15.2 Å². The van der Waals surface area contributed by atoms with Gasteiger partial charge < -0.3 is 15.2 Å². The molecule has 1 heterocycles. The summed E-state index contributed by atoms with van der Waals surface area (Å²) in [6.45, 7) is 6.46. The highest BCUT2D eigenvalue weighted by molar-refractivity contribution is 5.93. The molecule has 230 valence electrons. The first-order valence-electron chi connectivity index (χ1n) is 13.3. The fourth-order valence-corrected chi connectivity index (χ4v) is 4.51. The molecule has 3 aromatic rings. The maximum atomic E-state index is 13.9. The van der Waals surface area contributed by atoms with E-state index in [1.807, 2.05) is 45.0 Å². The first-order chi connectivity index (χ1) is 20.1. The summed E-state index contributed by atoms with van der Waals surface area (Å²) in [4.78, 5) is 50.8. The Morgan fingerprint density at radius 1 is 1.02 bits per heavy atom. The van der Waals surface area contributed by atoms with E-state index in [9.17, 15) is 41.8 Å². The van der Waals surface area contributed by atoms with Crippen LogP contribution in [0.25, 0.3) is 0 Å².